The van der Waals surface area contributed by atoms with Gasteiger partial charge in [0.05, 0.1) is 8.07 Å². The molecule has 0 aromatic carbocycles. The van der Waals surface area contributed by atoms with Crippen LogP contribution in [-0.2, 0) is 0 Å². The summed E-state index contributed by atoms with van der Waals surface area (Å²) in [6.07, 6.45) is 102. The molecular formula is C76H156Si. The van der Waals surface area contributed by atoms with Gasteiger partial charge in [0.25, 0.3) is 0 Å². The molecule has 0 nitrogen and oxygen atoms in total. The van der Waals surface area contributed by atoms with Crippen molar-refractivity contribution in [1.29, 1.82) is 0 Å². The van der Waals surface area contributed by atoms with Crippen LogP contribution in [0, 0.1) is 0 Å². The van der Waals surface area contributed by atoms with Gasteiger partial charge in [0.15, 0.2) is 0 Å². The smallest absolute Gasteiger partial charge is 0.0535 e. The van der Waals surface area contributed by atoms with Crippen LogP contribution in [0.3, 0.4) is 0 Å². The Bertz CT molecular complexity index is 829. The summed E-state index contributed by atoms with van der Waals surface area (Å²) < 4.78 is 0. The maximum Gasteiger partial charge on any atom is 0.0535 e. The molecule has 0 N–H and O–H groups in total. The zero-order valence-corrected chi connectivity index (χ0v) is 56.4. The van der Waals surface area contributed by atoms with Crippen LogP contribution >= 0.6 is 0 Å². The number of unbranched alkanes of at least 4 members (excludes halogenated alkanes) is 64. The Kier molecular flexibility index (Phi) is 70.7. The topological polar surface area (TPSA) is 0 Å². The largest absolute Gasteiger partial charge is 0.0654 e. The third-order valence-electron chi connectivity index (χ3n) is 19.2. The van der Waals surface area contributed by atoms with Crippen LogP contribution < -0.4 is 0 Å². The van der Waals surface area contributed by atoms with Gasteiger partial charge in [-0.2, -0.15) is 0 Å². The summed E-state index contributed by atoms with van der Waals surface area (Å²) in [6.45, 7) is 9.34. The third kappa shape index (κ3) is 65.2. The van der Waals surface area contributed by atoms with Gasteiger partial charge in [-0.1, -0.05) is 488 Å². The third-order valence-corrected chi connectivity index (χ3v) is 24.9. The molecule has 464 valence electrons. The second-order valence-electron chi connectivity index (χ2n) is 27.1. The molecule has 0 aliphatic rings. The van der Waals surface area contributed by atoms with Crippen LogP contribution in [0.5, 0.6) is 0 Å². The highest BCUT2D eigenvalue weighted by Gasteiger charge is 2.30. The maximum absolute atomic E-state index is 2.33. The molecular weight excluding hydrogens is 941 g/mol. The van der Waals surface area contributed by atoms with E-state index in [4.69, 9.17) is 0 Å². The molecule has 0 aromatic rings. The fraction of sp³-hybridized carbons (Fsp3) is 1.00. The Morgan fingerprint density at radius 1 is 0.104 bits per heavy atom. The number of hydrogen-bond donors (Lipinski definition) is 0. The number of hydrogen-bond acceptors (Lipinski definition) is 0. The predicted octanol–water partition coefficient (Wildman–Crippen LogP) is 30.0. The summed E-state index contributed by atoms with van der Waals surface area (Å²) in [4.78, 5) is 0. The molecule has 0 radical (unpaired) electrons. The quantitative estimate of drug-likeness (QED) is 0.0421. The highest BCUT2D eigenvalue weighted by molar-refractivity contribution is 6.79. The Hall–Kier alpha value is 0.217. The molecule has 0 rings (SSSR count). The van der Waals surface area contributed by atoms with Crippen molar-refractivity contribution in [3.63, 3.8) is 0 Å². The van der Waals surface area contributed by atoms with E-state index in [1.165, 1.54) is 385 Å². The summed E-state index contributed by atoms with van der Waals surface area (Å²) in [5.41, 5.74) is 0. The van der Waals surface area contributed by atoms with Crippen molar-refractivity contribution in [2.45, 2.75) is 488 Å². The van der Waals surface area contributed by atoms with E-state index in [1.807, 2.05) is 0 Å². The van der Waals surface area contributed by atoms with E-state index in [-0.39, 0.29) is 0 Å². The van der Waals surface area contributed by atoms with Crippen LogP contribution in [-0.4, -0.2) is 8.07 Å². The van der Waals surface area contributed by atoms with Crippen molar-refractivity contribution in [2.75, 3.05) is 0 Å². The first kappa shape index (κ1) is 77.2. The minimum absolute atomic E-state index is 1.23. The van der Waals surface area contributed by atoms with Crippen molar-refractivity contribution >= 4 is 8.07 Å². The minimum atomic E-state index is -1.23. The molecule has 0 saturated carbocycles. The average Bonchev–Trinajstić information content (AvgIpc) is 3.44. The van der Waals surface area contributed by atoms with Gasteiger partial charge in [-0.15, -0.1) is 0 Å². The van der Waals surface area contributed by atoms with E-state index < -0.39 is 8.07 Å². The molecule has 0 saturated heterocycles. The average molecular weight is 1100 g/mol. The van der Waals surface area contributed by atoms with Gasteiger partial charge >= 0.3 is 0 Å². The van der Waals surface area contributed by atoms with Gasteiger partial charge < -0.3 is 0 Å². The molecule has 1 heteroatoms. The molecule has 0 amide bonds. The molecule has 0 aliphatic carbocycles. The lowest BCUT2D eigenvalue weighted by molar-refractivity contribution is 0.526. The highest BCUT2D eigenvalue weighted by Crippen LogP contribution is 2.36. The Balaban J connectivity index is 4.97. The first-order valence-electron chi connectivity index (χ1n) is 38.2. The van der Waals surface area contributed by atoms with E-state index in [0.717, 1.165) is 0 Å². The van der Waals surface area contributed by atoms with E-state index in [1.54, 1.807) is 75.5 Å². The first-order chi connectivity index (χ1) is 38.2. The van der Waals surface area contributed by atoms with E-state index in [0.29, 0.717) is 0 Å². The molecule has 0 heterocycles. The van der Waals surface area contributed by atoms with Gasteiger partial charge in [-0.25, -0.2) is 0 Å². The predicted molar refractivity (Wildman–Crippen MR) is 362 cm³/mol. The first-order valence-corrected chi connectivity index (χ1v) is 41.1. The normalized spacial score (nSPS) is 12.0. The fourth-order valence-corrected chi connectivity index (χ4v) is 19.1. The maximum atomic E-state index is 2.33. The second kappa shape index (κ2) is 70.5. The Morgan fingerprint density at radius 2 is 0.182 bits per heavy atom. The van der Waals surface area contributed by atoms with Crippen molar-refractivity contribution in [3.05, 3.63) is 0 Å². The molecule has 0 unspecified atom stereocenters. The van der Waals surface area contributed by atoms with Crippen molar-refractivity contribution in [3.8, 4) is 0 Å². The van der Waals surface area contributed by atoms with Crippen LogP contribution in [0.1, 0.15) is 464 Å². The van der Waals surface area contributed by atoms with Crippen molar-refractivity contribution < 1.29 is 0 Å². The minimum Gasteiger partial charge on any atom is -0.0654 e. The van der Waals surface area contributed by atoms with Gasteiger partial charge in [-0.3, -0.25) is 0 Å². The number of rotatable bonds is 72. The van der Waals surface area contributed by atoms with Crippen LogP contribution in [0.2, 0.25) is 24.2 Å². The SMILES string of the molecule is CCCCCCCCCCCCCCCCCCC[Si](CCCCCCCCCCCCCCCCCCC)(CCCCCCCCCCCCCCCCCCC)CCCCCCCCCCCCCCCCCCC. The van der Waals surface area contributed by atoms with Crippen LogP contribution in [0.15, 0.2) is 0 Å². The summed E-state index contributed by atoms with van der Waals surface area (Å²) in [5.74, 6) is 0. The van der Waals surface area contributed by atoms with Gasteiger partial charge in [0.2, 0.25) is 0 Å². The molecule has 0 aliphatic heterocycles. The summed E-state index contributed by atoms with van der Waals surface area (Å²) in [7, 11) is -1.23. The standard InChI is InChI=1S/C76H156Si/c1-5-9-13-17-21-25-29-33-37-41-45-49-53-57-61-65-69-73-77(74-70-66-62-58-54-50-46-42-38-34-30-26-22-18-14-10-6-2,75-71-67-63-59-55-51-47-43-39-35-31-27-23-19-15-11-7-3)76-72-68-64-60-56-52-48-44-40-36-32-28-24-20-16-12-8-4/h5-76H2,1-4H3. The molecule has 0 fully saturated rings. The Morgan fingerprint density at radius 3 is 0.273 bits per heavy atom. The van der Waals surface area contributed by atoms with E-state index in [9.17, 15) is 0 Å². The van der Waals surface area contributed by atoms with Crippen LogP contribution in [0.25, 0.3) is 0 Å². The summed E-state index contributed by atoms with van der Waals surface area (Å²) >= 11 is 0. The van der Waals surface area contributed by atoms with E-state index >= 15 is 0 Å². The zero-order chi connectivity index (χ0) is 55.4. The zero-order valence-electron chi connectivity index (χ0n) is 55.4. The molecule has 0 aromatic heterocycles. The summed E-state index contributed by atoms with van der Waals surface area (Å²) in [5, 5.41) is 0. The Labute approximate surface area is 493 Å². The fourth-order valence-electron chi connectivity index (χ4n) is 13.6. The molecule has 0 bridgehead atoms. The van der Waals surface area contributed by atoms with Gasteiger partial charge in [0, 0.05) is 0 Å². The molecule has 0 spiro atoms. The second-order valence-corrected chi connectivity index (χ2v) is 32.1. The van der Waals surface area contributed by atoms with Gasteiger partial charge in [0.1, 0.15) is 0 Å². The molecule has 77 heavy (non-hydrogen) atoms. The van der Waals surface area contributed by atoms with Crippen molar-refractivity contribution in [1.82, 2.24) is 0 Å². The van der Waals surface area contributed by atoms with E-state index in [2.05, 4.69) is 27.7 Å². The summed E-state index contributed by atoms with van der Waals surface area (Å²) in [6, 6.07) is 6.79. The van der Waals surface area contributed by atoms with Crippen molar-refractivity contribution in [2.24, 2.45) is 0 Å². The lowest BCUT2D eigenvalue weighted by atomic mass is 10.0. The van der Waals surface area contributed by atoms with Gasteiger partial charge in [-0.05, 0) is 0 Å². The molecule has 0 atom stereocenters. The lowest BCUT2D eigenvalue weighted by Crippen LogP contribution is -2.34. The highest BCUT2D eigenvalue weighted by atomic mass is 28.3. The monoisotopic (exact) mass is 1100 g/mol. The van der Waals surface area contributed by atoms with Crippen LogP contribution in [0.4, 0.5) is 0 Å². The lowest BCUT2D eigenvalue weighted by Gasteiger charge is -2.33.